The summed E-state index contributed by atoms with van der Waals surface area (Å²) in [6, 6.07) is 10.4. The number of nitrogens with one attached hydrogen (secondary N) is 1. The molecule has 2 N–H and O–H groups in total. The first-order chi connectivity index (χ1) is 10.2. The molecule has 114 valence electrons. The van der Waals surface area contributed by atoms with Crippen molar-refractivity contribution in [3.8, 4) is 0 Å². The fourth-order valence-corrected chi connectivity index (χ4v) is 2.76. The topological polar surface area (TPSA) is 69.6 Å². The molecule has 1 heterocycles. The van der Waals surface area contributed by atoms with Crippen molar-refractivity contribution in [2.45, 2.75) is 38.1 Å². The van der Waals surface area contributed by atoms with Crippen LogP contribution in [0, 0.1) is 0 Å². The average Bonchev–Trinajstić information content (AvgIpc) is 2.94. The monoisotopic (exact) mass is 290 g/mol. The number of hydrogen-bond acceptors (Lipinski definition) is 2. The molecule has 1 aromatic rings. The smallest absolute Gasteiger partial charge is 0.317 e. The molecule has 1 aliphatic rings. The number of carboxylic acids is 1. The van der Waals surface area contributed by atoms with Gasteiger partial charge in [0.15, 0.2) is 0 Å². The summed E-state index contributed by atoms with van der Waals surface area (Å²) in [5, 5.41) is 11.3. The van der Waals surface area contributed by atoms with Crippen LogP contribution >= 0.6 is 0 Å². The molecule has 1 fully saturated rings. The second-order valence-corrected chi connectivity index (χ2v) is 5.39. The molecule has 1 saturated heterocycles. The van der Waals surface area contributed by atoms with Crippen molar-refractivity contribution in [1.29, 1.82) is 0 Å². The highest BCUT2D eigenvalue weighted by Crippen LogP contribution is 2.21. The van der Waals surface area contributed by atoms with Crippen molar-refractivity contribution in [1.82, 2.24) is 10.2 Å². The minimum atomic E-state index is -0.891. The number of rotatable bonds is 6. The van der Waals surface area contributed by atoms with Crippen molar-refractivity contribution < 1.29 is 14.7 Å². The van der Waals surface area contributed by atoms with Gasteiger partial charge in [0.1, 0.15) is 0 Å². The summed E-state index contributed by atoms with van der Waals surface area (Å²) >= 11 is 0. The van der Waals surface area contributed by atoms with Gasteiger partial charge in [-0.25, -0.2) is 4.79 Å². The summed E-state index contributed by atoms with van der Waals surface area (Å²) in [4.78, 5) is 24.4. The number of benzene rings is 1. The molecule has 0 radical (unpaired) electrons. The predicted octanol–water partition coefficient (Wildman–Crippen LogP) is 2.27. The standard InChI is InChI=1S/C16H22N2O3/c19-15(20)10-11-17-16(21)18-12-4-7-14(18)9-8-13-5-2-1-3-6-13/h1-3,5-6,14H,4,7-12H2,(H,17,21)(H,19,20). The number of urea groups is 1. The highest BCUT2D eigenvalue weighted by Gasteiger charge is 2.28. The quantitative estimate of drug-likeness (QED) is 0.844. The predicted molar refractivity (Wildman–Crippen MR) is 80.1 cm³/mol. The van der Waals surface area contributed by atoms with Crippen molar-refractivity contribution in [2.24, 2.45) is 0 Å². The Kier molecular flexibility index (Phi) is 5.60. The Hall–Kier alpha value is -2.04. The molecule has 5 heteroatoms. The summed E-state index contributed by atoms with van der Waals surface area (Å²) in [7, 11) is 0. The summed E-state index contributed by atoms with van der Waals surface area (Å²) in [5.74, 6) is -0.891. The Bertz CT molecular complexity index is 476. The van der Waals surface area contributed by atoms with Crippen LogP contribution in [0.25, 0.3) is 0 Å². The number of amides is 2. The lowest BCUT2D eigenvalue weighted by Crippen LogP contribution is -2.43. The second-order valence-electron chi connectivity index (χ2n) is 5.39. The molecule has 5 nitrogen and oxygen atoms in total. The lowest BCUT2D eigenvalue weighted by molar-refractivity contribution is -0.136. The maximum atomic E-state index is 12.1. The van der Waals surface area contributed by atoms with Crippen LogP contribution in [-0.2, 0) is 11.2 Å². The summed E-state index contributed by atoms with van der Waals surface area (Å²) in [6.07, 6.45) is 3.93. The SMILES string of the molecule is O=C(O)CCNC(=O)N1CCCC1CCc1ccccc1. The van der Waals surface area contributed by atoms with Crippen molar-refractivity contribution in [3.63, 3.8) is 0 Å². The molecule has 0 bridgehead atoms. The fourth-order valence-electron chi connectivity index (χ4n) is 2.76. The van der Waals surface area contributed by atoms with Crippen molar-refractivity contribution in [2.75, 3.05) is 13.1 Å². The molecule has 0 saturated carbocycles. The number of likely N-dealkylation sites (tertiary alicyclic amines) is 1. The average molecular weight is 290 g/mol. The summed E-state index contributed by atoms with van der Waals surface area (Å²) < 4.78 is 0. The van der Waals surface area contributed by atoms with Crippen molar-refractivity contribution in [3.05, 3.63) is 35.9 Å². The number of carbonyl (C=O) groups excluding carboxylic acids is 1. The van der Waals surface area contributed by atoms with E-state index >= 15 is 0 Å². The van der Waals surface area contributed by atoms with E-state index in [4.69, 9.17) is 5.11 Å². The van der Waals surface area contributed by atoms with Crippen LogP contribution in [0.15, 0.2) is 30.3 Å². The number of carbonyl (C=O) groups is 2. The molecular formula is C16H22N2O3. The van der Waals surface area contributed by atoms with Gasteiger partial charge in [-0.3, -0.25) is 4.79 Å². The van der Waals surface area contributed by atoms with Crippen LogP contribution in [0.1, 0.15) is 31.2 Å². The minimum Gasteiger partial charge on any atom is -0.481 e. The van der Waals surface area contributed by atoms with E-state index in [0.717, 1.165) is 32.2 Å². The first-order valence-electron chi connectivity index (χ1n) is 7.47. The Balaban J connectivity index is 1.79. The van der Waals surface area contributed by atoms with E-state index in [1.807, 2.05) is 23.1 Å². The molecule has 1 aliphatic heterocycles. The normalized spacial score (nSPS) is 17.7. The van der Waals surface area contributed by atoms with Gasteiger partial charge in [-0.15, -0.1) is 0 Å². The van der Waals surface area contributed by atoms with Crippen LogP contribution in [0.5, 0.6) is 0 Å². The first kappa shape index (κ1) is 15.4. The highest BCUT2D eigenvalue weighted by molar-refractivity contribution is 5.75. The Morgan fingerprint density at radius 1 is 1.29 bits per heavy atom. The van der Waals surface area contributed by atoms with E-state index in [-0.39, 0.29) is 25.0 Å². The highest BCUT2D eigenvalue weighted by atomic mass is 16.4. The molecule has 21 heavy (non-hydrogen) atoms. The molecule has 1 atom stereocenters. The van der Waals surface area contributed by atoms with Gasteiger partial charge in [0.25, 0.3) is 0 Å². The number of nitrogens with zero attached hydrogens (tertiary/aromatic N) is 1. The Labute approximate surface area is 125 Å². The van der Waals surface area contributed by atoms with Crippen LogP contribution in [0.3, 0.4) is 0 Å². The largest absolute Gasteiger partial charge is 0.481 e. The third-order valence-electron chi connectivity index (χ3n) is 3.86. The third-order valence-corrected chi connectivity index (χ3v) is 3.86. The molecule has 1 unspecified atom stereocenters. The number of aliphatic carboxylic acids is 1. The van der Waals surface area contributed by atoms with Gasteiger partial charge in [0.05, 0.1) is 6.42 Å². The second kappa shape index (κ2) is 7.67. The Morgan fingerprint density at radius 2 is 2.05 bits per heavy atom. The summed E-state index contributed by atoms with van der Waals surface area (Å²) in [5.41, 5.74) is 1.29. The van der Waals surface area contributed by atoms with Crippen LogP contribution in [-0.4, -0.2) is 41.1 Å². The molecule has 0 spiro atoms. The maximum absolute atomic E-state index is 12.1. The molecule has 0 aromatic heterocycles. The van der Waals surface area contributed by atoms with E-state index in [9.17, 15) is 9.59 Å². The van der Waals surface area contributed by atoms with Gasteiger partial charge in [-0.05, 0) is 31.2 Å². The van der Waals surface area contributed by atoms with Crippen molar-refractivity contribution >= 4 is 12.0 Å². The first-order valence-corrected chi connectivity index (χ1v) is 7.47. The van der Waals surface area contributed by atoms with E-state index in [0.29, 0.717) is 0 Å². The molecule has 2 amide bonds. The zero-order valence-electron chi connectivity index (χ0n) is 12.1. The van der Waals surface area contributed by atoms with Crippen LogP contribution in [0.2, 0.25) is 0 Å². The van der Waals surface area contributed by atoms with Crippen LogP contribution < -0.4 is 5.32 Å². The van der Waals surface area contributed by atoms with E-state index < -0.39 is 5.97 Å². The van der Waals surface area contributed by atoms with Gasteiger partial charge in [0.2, 0.25) is 0 Å². The molecule has 0 aliphatic carbocycles. The number of hydrogen-bond donors (Lipinski definition) is 2. The number of carboxylic acid groups (broad SMARTS) is 1. The van der Waals surface area contributed by atoms with Gasteiger partial charge in [0, 0.05) is 19.1 Å². The van der Waals surface area contributed by atoms with E-state index in [1.54, 1.807) is 0 Å². The zero-order valence-corrected chi connectivity index (χ0v) is 12.1. The zero-order chi connectivity index (χ0) is 15.1. The lowest BCUT2D eigenvalue weighted by Gasteiger charge is -2.25. The van der Waals surface area contributed by atoms with E-state index in [2.05, 4.69) is 17.4 Å². The number of aryl methyl sites for hydroxylation is 1. The molecule has 2 rings (SSSR count). The van der Waals surface area contributed by atoms with Gasteiger partial charge in [-0.2, -0.15) is 0 Å². The summed E-state index contributed by atoms with van der Waals surface area (Å²) in [6.45, 7) is 0.953. The minimum absolute atomic E-state index is 0.0335. The molecule has 1 aromatic carbocycles. The maximum Gasteiger partial charge on any atom is 0.317 e. The van der Waals surface area contributed by atoms with Gasteiger partial charge < -0.3 is 15.3 Å². The fraction of sp³-hybridized carbons (Fsp3) is 0.500. The lowest BCUT2D eigenvalue weighted by atomic mass is 10.0. The van der Waals surface area contributed by atoms with Crippen LogP contribution in [0.4, 0.5) is 4.79 Å². The van der Waals surface area contributed by atoms with Gasteiger partial charge in [-0.1, -0.05) is 30.3 Å². The third kappa shape index (κ3) is 4.77. The molecular weight excluding hydrogens is 268 g/mol. The Morgan fingerprint density at radius 3 is 2.76 bits per heavy atom. The van der Waals surface area contributed by atoms with Gasteiger partial charge >= 0.3 is 12.0 Å². The van der Waals surface area contributed by atoms with E-state index in [1.165, 1.54) is 5.56 Å².